The number of rotatable bonds is 3. The third-order valence-corrected chi connectivity index (χ3v) is 6.51. The van der Waals surface area contributed by atoms with Crippen molar-refractivity contribution in [3.8, 4) is 0 Å². The lowest BCUT2D eigenvalue weighted by Crippen LogP contribution is -2.50. The summed E-state index contributed by atoms with van der Waals surface area (Å²) in [6, 6.07) is 17.8. The zero-order valence-corrected chi connectivity index (χ0v) is 20.3. The third kappa shape index (κ3) is 5.17. The standard InChI is InChI=1S/C25H32BrN3O2/c1-25(2,3)31-24(30)28-17-15-27(16-18-28)22-8-5-4-7-21(22)23-9-6-14-29(23)20-12-10-19(26)11-13-20/h4-5,7-8,10-13,23H,6,9,14-18H2,1-3H3. The number of carbonyl (C=O) groups is 1. The van der Waals surface area contributed by atoms with Crippen molar-refractivity contribution in [3.05, 3.63) is 58.6 Å². The first kappa shape index (κ1) is 22.0. The van der Waals surface area contributed by atoms with Crippen LogP contribution in [0.25, 0.3) is 0 Å². The average Bonchev–Trinajstić information content (AvgIpc) is 3.23. The van der Waals surface area contributed by atoms with Crippen molar-refractivity contribution in [2.75, 3.05) is 42.5 Å². The fourth-order valence-corrected chi connectivity index (χ4v) is 4.81. The minimum atomic E-state index is -0.459. The number of benzene rings is 2. The van der Waals surface area contributed by atoms with E-state index in [-0.39, 0.29) is 6.09 Å². The van der Waals surface area contributed by atoms with Gasteiger partial charge in [-0.3, -0.25) is 0 Å². The van der Waals surface area contributed by atoms with E-state index in [0.717, 1.165) is 30.5 Å². The Morgan fingerprint density at radius 1 is 0.968 bits per heavy atom. The topological polar surface area (TPSA) is 36.0 Å². The molecule has 1 atom stereocenters. The lowest BCUT2D eigenvalue weighted by Gasteiger charge is -2.39. The van der Waals surface area contributed by atoms with Crippen LogP contribution in [0.4, 0.5) is 16.2 Å². The second-order valence-electron chi connectivity index (χ2n) is 9.34. The Balaban J connectivity index is 1.49. The summed E-state index contributed by atoms with van der Waals surface area (Å²) in [5.41, 5.74) is 3.49. The Kier molecular flexibility index (Phi) is 6.47. The first-order valence-corrected chi connectivity index (χ1v) is 12.0. The second kappa shape index (κ2) is 9.11. The van der Waals surface area contributed by atoms with Crippen LogP contribution in [0.1, 0.15) is 45.2 Å². The zero-order chi connectivity index (χ0) is 22.0. The second-order valence-corrected chi connectivity index (χ2v) is 10.3. The van der Waals surface area contributed by atoms with E-state index in [2.05, 4.69) is 74.3 Å². The molecule has 0 bridgehead atoms. The summed E-state index contributed by atoms with van der Waals surface area (Å²) in [5, 5.41) is 0. The van der Waals surface area contributed by atoms with Crippen LogP contribution < -0.4 is 9.80 Å². The van der Waals surface area contributed by atoms with Crippen LogP contribution in [0.5, 0.6) is 0 Å². The number of hydrogen-bond acceptors (Lipinski definition) is 4. The molecule has 2 aliphatic rings. The molecule has 6 heteroatoms. The fraction of sp³-hybridized carbons (Fsp3) is 0.480. The highest BCUT2D eigenvalue weighted by Crippen LogP contribution is 2.40. The van der Waals surface area contributed by atoms with Gasteiger partial charge in [0.25, 0.3) is 0 Å². The molecule has 31 heavy (non-hydrogen) atoms. The van der Waals surface area contributed by atoms with Gasteiger partial charge in [-0.15, -0.1) is 0 Å². The number of carbonyl (C=O) groups excluding carboxylic acids is 1. The summed E-state index contributed by atoms with van der Waals surface area (Å²) in [6.45, 7) is 9.83. The molecule has 0 aliphatic carbocycles. The van der Waals surface area contributed by atoms with Crippen LogP contribution in [-0.2, 0) is 4.74 Å². The Morgan fingerprint density at radius 3 is 2.32 bits per heavy atom. The van der Waals surface area contributed by atoms with Crippen LogP contribution in [0.15, 0.2) is 53.0 Å². The first-order chi connectivity index (χ1) is 14.8. The van der Waals surface area contributed by atoms with Crippen LogP contribution in [0, 0.1) is 0 Å². The molecule has 2 aromatic carbocycles. The maximum atomic E-state index is 12.4. The van der Waals surface area contributed by atoms with E-state index in [1.165, 1.54) is 23.4 Å². The number of amides is 1. The highest BCUT2D eigenvalue weighted by Gasteiger charge is 2.31. The van der Waals surface area contributed by atoms with Gasteiger partial charge in [-0.25, -0.2) is 4.79 Å². The Hall–Kier alpha value is -2.21. The molecule has 0 radical (unpaired) electrons. The third-order valence-electron chi connectivity index (χ3n) is 5.98. The summed E-state index contributed by atoms with van der Waals surface area (Å²) in [5.74, 6) is 0. The van der Waals surface area contributed by atoms with E-state index in [4.69, 9.17) is 4.74 Å². The van der Waals surface area contributed by atoms with Crippen molar-refractivity contribution in [1.82, 2.24) is 4.90 Å². The number of hydrogen-bond donors (Lipinski definition) is 0. The molecule has 2 saturated heterocycles. The number of anilines is 2. The molecule has 166 valence electrons. The molecular formula is C25H32BrN3O2. The Morgan fingerprint density at radius 2 is 1.65 bits per heavy atom. The quantitative estimate of drug-likeness (QED) is 0.546. The van der Waals surface area contributed by atoms with Crippen LogP contribution >= 0.6 is 15.9 Å². The van der Waals surface area contributed by atoms with Crippen molar-refractivity contribution in [3.63, 3.8) is 0 Å². The van der Waals surface area contributed by atoms with Crippen LogP contribution in [-0.4, -0.2) is 49.3 Å². The minimum absolute atomic E-state index is 0.211. The molecule has 0 N–H and O–H groups in total. The highest BCUT2D eigenvalue weighted by atomic mass is 79.9. The maximum absolute atomic E-state index is 12.4. The van der Waals surface area contributed by atoms with Gasteiger partial charge in [-0.2, -0.15) is 0 Å². The van der Waals surface area contributed by atoms with Gasteiger partial charge < -0.3 is 19.4 Å². The van der Waals surface area contributed by atoms with Gasteiger partial charge in [0.15, 0.2) is 0 Å². The molecule has 0 aromatic heterocycles. The predicted molar refractivity (Wildman–Crippen MR) is 130 cm³/mol. The van der Waals surface area contributed by atoms with Gasteiger partial charge in [0.2, 0.25) is 0 Å². The van der Waals surface area contributed by atoms with E-state index in [9.17, 15) is 4.79 Å². The van der Waals surface area contributed by atoms with E-state index in [0.29, 0.717) is 19.1 Å². The largest absolute Gasteiger partial charge is 0.444 e. The van der Waals surface area contributed by atoms with Crippen molar-refractivity contribution < 1.29 is 9.53 Å². The summed E-state index contributed by atoms with van der Waals surface area (Å²) in [4.78, 5) is 19.2. The minimum Gasteiger partial charge on any atom is -0.444 e. The highest BCUT2D eigenvalue weighted by molar-refractivity contribution is 9.10. The lowest BCUT2D eigenvalue weighted by molar-refractivity contribution is 0.0240. The van der Waals surface area contributed by atoms with Gasteiger partial charge in [0.05, 0.1) is 6.04 Å². The molecule has 2 heterocycles. The summed E-state index contributed by atoms with van der Waals surface area (Å²) < 4.78 is 6.66. The fourth-order valence-electron chi connectivity index (χ4n) is 4.55. The molecule has 5 nitrogen and oxygen atoms in total. The van der Waals surface area contributed by atoms with Crippen molar-refractivity contribution in [1.29, 1.82) is 0 Å². The molecule has 0 saturated carbocycles. The monoisotopic (exact) mass is 485 g/mol. The smallest absolute Gasteiger partial charge is 0.410 e. The van der Waals surface area contributed by atoms with E-state index < -0.39 is 5.60 Å². The number of ether oxygens (including phenoxy) is 1. The normalized spacial score (nSPS) is 19.6. The van der Waals surface area contributed by atoms with Crippen LogP contribution in [0.3, 0.4) is 0 Å². The molecule has 0 spiro atoms. The Bertz CT molecular complexity index is 902. The van der Waals surface area contributed by atoms with E-state index >= 15 is 0 Å². The molecule has 2 aromatic rings. The van der Waals surface area contributed by atoms with Gasteiger partial charge in [-0.1, -0.05) is 34.1 Å². The molecule has 1 amide bonds. The number of piperazine rings is 1. The summed E-state index contributed by atoms with van der Waals surface area (Å²) >= 11 is 3.55. The number of nitrogens with zero attached hydrogens (tertiary/aromatic N) is 3. The maximum Gasteiger partial charge on any atom is 0.410 e. The molecule has 2 aliphatic heterocycles. The van der Waals surface area contributed by atoms with E-state index in [1.54, 1.807) is 0 Å². The number of halogens is 1. The zero-order valence-electron chi connectivity index (χ0n) is 18.7. The van der Waals surface area contributed by atoms with Crippen molar-refractivity contribution in [2.45, 2.75) is 45.3 Å². The molecule has 2 fully saturated rings. The van der Waals surface area contributed by atoms with Crippen molar-refractivity contribution >= 4 is 33.4 Å². The predicted octanol–water partition coefficient (Wildman–Crippen LogP) is 5.85. The average molecular weight is 486 g/mol. The van der Waals surface area contributed by atoms with Gasteiger partial charge in [0.1, 0.15) is 5.60 Å². The summed E-state index contributed by atoms with van der Waals surface area (Å²) in [6.07, 6.45) is 2.14. The molecular weight excluding hydrogens is 454 g/mol. The lowest BCUT2D eigenvalue weighted by atomic mass is 10.0. The van der Waals surface area contributed by atoms with Gasteiger partial charge in [-0.05, 0) is 69.5 Å². The van der Waals surface area contributed by atoms with Gasteiger partial charge >= 0.3 is 6.09 Å². The summed E-state index contributed by atoms with van der Waals surface area (Å²) in [7, 11) is 0. The molecule has 1 unspecified atom stereocenters. The van der Waals surface area contributed by atoms with E-state index in [1.807, 2.05) is 25.7 Å². The Labute approximate surface area is 194 Å². The number of para-hydroxylation sites is 1. The van der Waals surface area contributed by atoms with Gasteiger partial charge in [0, 0.05) is 48.6 Å². The van der Waals surface area contributed by atoms with Crippen LogP contribution in [0.2, 0.25) is 0 Å². The SMILES string of the molecule is CC(C)(C)OC(=O)N1CCN(c2ccccc2C2CCCN2c2ccc(Br)cc2)CC1. The first-order valence-electron chi connectivity index (χ1n) is 11.2. The van der Waals surface area contributed by atoms with Crippen molar-refractivity contribution in [2.24, 2.45) is 0 Å². The molecule has 4 rings (SSSR count).